The molecule has 1 unspecified atom stereocenters. The molecule has 0 heterocycles. The van der Waals surface area contributed by atoms with Crippen LogP contribution in [0.4, 0.5) is 13.2 Å². The third-order valence-electron chi connectivity index (χ3n) is 1.95. The van der Waals surface area contributed by atoms with Gasteiger partial charge in [0.1, 0.15) is 5.54 Å². The van der Waals surface area contributed by atoms with Gasteiger partial charge in [-0.3, -0.25) is 5.32 Å². The second-order valence-electron chi connectivity index (χ2n) is 3.75. The maximum absolute atomic E-state index is 11.8. The van der Waals surface area contributed by atoms with Gasteiger partial charge < -0.3 is 4.74 Å². The van der Waals surface area contributed by atoms with Crippen LogP contribution in [0.15, 0.2) is 0 Å². The molecule has 94 valence electrons. The molecule has 1 atom stereocenters. The molecule has 0 aliphatic rings. The Kier molecular flexibility index (Phi) is 6.38. The summed E-state index contributed by atoms with van der Waals surface area (Å²) in [6, 6.07) is 2.03. The molecule has 0 rings (SSSR count). The smallest absolute Gasteiger partial charge is 0.378 e. The van der Waals surface area contributed by atoms with E-state index in [2.05, 4.69) is 5.32 Å². The van der Waals surface area contributed by atoms with Gasteiger partial charge in [0.15, 0.2) is 0 Å². The molecule has 6 heteroatoms. The van der Waals surface area contributed by atoms with Crippen LogP contribution in [-0.2, 0) is 4.74 Å². The summed E-state index contributed by atoms with van der Waals surface area (Å²) in [5, 5.41) is 11.7. The highest BCUT2D eigenvalue weighted by Gasteiger charge is 2.26. The van der Waals surface area contributed by atoms with Crippen molar-refractivity contribution in [2.24, 2.45) is 0 Å². The summed E-state index contributed by atoms with van der Waals surface area (Å²) in [5.41, 5.74) is -0.826. The predicted molar refractivity (Wildman–Crippen MR) is 53.8 cm³/mol. The summed E-state index contributed by atoms with van der Waals surface area (Å²) in [6.45, 7) is 4.22. The Morgan fingerprint density at radius 2 is 2.00 bits per heavy atom. The van der Waals surface area contributed by atoms with E-state index in [-0.39, 0.29) is 19.6 Å². The Morgan fingerprint density at radius 3 is 2.44 bits per heavy atom. The standard InChI is InChI=1S/C10H17F3N2O/c1-3-15-9(2,7-14)8-16-6-4-5-10(11,12)13/h15H,3-6,8H2,1-2H3. The van der Waals surface area contributed by atoms with Crippen molar-refractivity contribution in [2.45, 2.75) is 38.4 Å². The molecule has 0 aromatic heterocycles. The van der Waals surface area contributed by atoms with E-state index in [0.717, 1.165) is 0 Å². The van der Waals surface area contributed by atoms with E-state index < -0.39 is 18.1 Å². The monoisotopic (exact) mass is 238 g/mol. The molecular weight excluding hydrogens is 221 g/mol. The lowest BCUT2D eigenvalue weighted by Crippen LogP contribution is -2.45. The van der Waals surface area contributed by atoms with Crippen molar-refractivity contribution >= 4 is 0 Å². The second-order valence-corrected chi connectivity index (χ2v) is 3.75. The fourth-order valence-electron chi connectivity index (χ4n) is 1.16. The number of nitrogens with zero attached hydrogens (tertiary/aromatic N) is 1. The molecule has 16 heavy (non-hydrogen) atoms. The van der Waals surface area contributed by atoms with Crippen LogP contribution >= 0.6 is 0 Å². The van der Waals surface area contributed by atoms with Gasteiger partial charge in [-0.25, -0.2) is 0 Å². The third kappa shape index (κ3) is 7.49. The van der Waals surface area contributed by atoms with Crippen LogP contribution in [0.2, 0.25) is 0 Å². The fraction of sp³-hybridized carbons (Fsp3) is 0.900. The molecule has 0 saturated heterocycles. The fourth-order valence-corrected chi connectivity index (χ4v) is 1.16. The van der Waals surface area contributed by atoms with Crippen LogP contribution < -0.4 is 5.32 Å². The number of hydrogen-bond donors (Lipinski definition) is 1. The number of hydrogen-bond acceptors (Lipinski definition) is 3. The summed E-state index contributed by atoms with van der Waals surface area (Å²) in [6.07, 6.45) is -5.06. The van der Waals surface area contributed by atoms with Crippen molar-refractivity contribution in [3.8, 4) is 6.07 Å². The number of nitrogens with one attached hydrogen (secondary N) is 1. The van der Waals surface area contributed by atoms with E-state index in [1.54, 1.807) is 6.92 Å². The first kappa shape index (κ1) is 15.2. The Labute approximate surface area is 93.6 Å². The van der Waals surface area contributed by atoms with E-state index in [0.29, 0.717) is 6.54 Å². The third-order valence-corrected chi connectivity index (χ3v) is 1.95. The first-order valence-electron chi connectivity index (χ1n) is 5.14. The number of nitriles is 1. The minimum Gasteiger partial charge on any atom is -0.378 e. The molecule has 0 spiro atoms. The largest absolute Gasteiger partial charge is 0.389 e. The summed E-state index contributed by atoms with van der Waals surface area (Å²) >= 11 is 0. The van der Waals surface area contributed by atoms with Gasteiger partial charge in [-0.2, -0.15) is 18.4 Å². The first-order valence-corrected chi connectivity index (χ1v) is 5.14. The molecular formula is C10H17F3N2O. The second kappa shape index (κ2) is 6.71. The van der Waals surface area contributed by atoms with Crippen molar-refractivity contribution in [3.63, 3.8) is 0 Å². The highest BCUT2D eigenvalue weighted by Crippen LogP contribution is 2.21. The Morgan fingerprint density at radius 1 is 1.38 bits per heavy atom. The molecule has 0 amide bonds. The zero-order valence-corrected chi connectivity index (χ0v) is 9.52. The van der Waals surface area contributed by atoms with Crippen molar-refractivity contribution < 1.29 is 17.9 Å². The van der Waals surface area contributed by atoms with Gasteiger partial charge in [-0.15, -0.1) is 0 Å². The van der Waals surface area contributed by atoms with Crippen LogP contribution in [0.1, 0.15) is 26.7 Å². The van der Waals surface area contributed by atoms with Crippen molar-refractivity contribution in [2.75, 3.05) is 19.8 Å². The first-order chi connectivity index (χ1) is 7.33. The van der Waals surface area contributed by atoms with Crippen molar-refractivity contribution in [3.05, 3.63) is 0 Å². The summed E-state index contributed by atoms with van der Waals surface area (Å²) in [7, 11) is 0. The summed E-state index contributed by atoms with van der Waals surface area (Å²) < 4.78 is 40.4. The molecule has 0 fully saturated rings. The normalized spacial score (nSPS) is 15.5. The van der Waals surface area contributed by atoms with Gasteiger partial charge in [-0.1, -0.05) is 6.92 Å². The molecule has 1 N–H and O–H groups in total. The van der Waals surface area contributed by atoms with Crippen LogP contribution in [0.25, 0.3) is 0 Å². The molecule has 0 saturated carbocycles. The van der Waals surface area contributed by atoms with E-state index in [4.69, 9.17) is 10.00 Å². The predicted octanol–water partition coefficient (Wildman–Crippen LogP) is 2.24. The number of alkyl halides is 3. The van der Waals surface area contributed by atoms with Crippen molar-refractivity contribution in [1.82, 2.24) is 5.32 Å². The summed E-state index contributed by atoms with van der Waals surface area (Å²) in [5.74, 6) is 0. The number of halogens is 3. The zero-order chi connectivity index (χ0) is 12.7. The Hall–Kier alpha value is -0.800. The molecule has 0 radical (unpaired) electrons. The van der Waals surface area contributed by atoms with Gasteiger partial charge in [-0.05, 0) is 19.9 Å². The molecule has 0 aliphatic carbocycles. The van der Waals surface area contributed by atoms with Crippen LogP contribution in [0.3, 0.4) is 0 Å². The molecule has 0 aromatic rings. The molecule has 0 aromatic carbocycles. The van der Waals surface area contributed by atoms with E-state index in [9.17, 15) is 13.2 Å². The van der Waals surface area contributed by atoms with E-state index in [1.807, 2.05) is 13.0 Å². The van der Waals surface area contributed by atoms with Crippen LogP contribution in [0.5, 0.6) is 0 Å². The lowest BCUT2D eigenvalue weighted by Gasteiger charge is -2.22. The topological polar surface area (TPSA) is 45.0 Å². The summed E-state index contributed by atoms with van der Waals surface area (Å²) in [4.78, 5) is 0. The molecule has 0 aliphatic heterocycles. The maximum Gasteiger partial charge on any atom is 0.389 e. The Bertz CT molecular complexity index is 237. The highest BCUT2D eigenvalue weighted by molar-refractivity contribution is 5.03. The zero-order valence-electron chi connectivity index (χ0n) is 9.52. The van der Waals surface area contributed by atoms with E-state index in [1.165, 1.54) is 0 Å². The maximum atomic E-state index is 11.8. The lowest BCUT2D eigenvalue weighted by molar-refractivity contribution is -0.138. The van der Waals surface area contributed by atoms with Gasteiger partial charge >= 0.3 is 6.18 Å². The van der Waals surface area contributed by atoms with E-state index >= 15 is 0 Å². The van der Waals surface area contributed by atoms with Gasteiger partial charge in [0.05, 0.1) is 12.7 Å². The molecule has 0 bridgehead atoms. The minimum atomic E-state index is -4.14. The van der Waals surface area contributed by atoms with Gasteiger partial charge in [0.25, 0.3) is 0 Å². The average molecular weight is 238 g/mol. The van der Waals surface area contributed by atoms with Gasteiger partial charge in [0.2, 0.25) is 0 Å². The SMILES string of the molecule is CCNC(C)(C#N)COCCCC(F)(F)F. The van der Waals surface area contributed by atoms with Crippen LogP contribution in [-0.4, -0.2) is 31.5 Å². The highest BCUT2D eigenvalue weighted by atomic mass is 19.4. The quantitative estimate of drug-likeness (QED) is 0.692. The minimum absolute atomic E-state index is 0.0160. The number of rotatable bonds is 7. The Balaban J connectivity index is 3.69. The van der Waals surface area contributed by atoms with Crippen LogP contribution in [0, 0.1) is 11.3 Å². The average Bonchev–Trinajstić information content (AvgIpc) is 2.16. The molecule has 3 nitrogen and oxygen atoms in total. The van der Waals surface area contributed by atoms with Crippen molar-refractivity contribution in [1.29, 1.82) is 5.26 Å². The lowest BCUT2D eigenvalue weighted by atomic mass is 10.1. The van der Waals surface area contributed by atoms with Gasteiger partial charge in [0, 0.05) is 13.0 Å². The number of likely N-dealkylation sites (N-methyl/N-ethyl adjacent to an activating group) is 1. The number of ether oxygens (including phenoxy) is 1.